The summed E-state index contributed by atoms with van der Waals surface area (Å²) in [6.45, 7) is 2.33. The molecular formula is C18H18O5. The van der Waals surface area contributed by atoms with Crippen LogP contribution in [0.15, 0.2) is 42.5 Å². The largest absolute Gasteiger partial charge is 0.489 e. The van der Waals surface area contributed by atoms with E-state index in [0.717, 1.165) is 11.1 Å². The van der Waals surface area contributed by atoms with Crippen molar-refractivity contribution < 1.29 is 23.8 Å². The lowest BCUT2D eigenvalue weighted by Crippen LogP contribution is -2.07. The van der Waals surface area contributed by atoms with E-state index in [1.54, 1.807) is 0 Å². The number of ether oxygens (including phenoxy) is 3. The molecule has 0 aliphatic heterocycles. The smallest absolute Gasteiger partial charge is 0.338 e. The second-order valence-corrected chi connectivity index (χ2v) is 5.00. The molecule has 0 aliphatic carbocycles. The lowest BCUT2D eigenvalue weighted by atomic mass is 10.1. The fourth-order valence-electron chi connectivity index (χ4n) is 2.00. The predicted octanol–water partition coefficient (Wildman–Crippen LogP) is 3.15. The second kappa shape index (κ2) is 7.45. The summed E-state index contributed by atoms with van der Waals surface area (Å²) in [5.74, 6) is -0.694. The minimum absolute atomic E-state index is 0.231. The van der Waals surface area contributed by atoms with Crippen LogP contribution >= 0.6 is 0 Å². The van der Waals surface area contributed by atoms with E-state index in [1.165, 1.54) is 32.4 Å². The molecular weight excluding hydrogens is 296 g/mol. The molecule has 0 aliphatic rings. The van der Waals surface area contributed by atoms with Crippen molar-refractivity contribution in [2.24, 2.45) is 0 Å². The van der Waals surface area contributed by atoms with Gasteiger partial charge >= 0.3 is 11.9 Å². The van der Waals surface area contributed by atoms with Crippen LogP contribution in [0.2, 0.25) is 0 Å². The molecule has 2 rings (SSSR count). The standard InChI is InChI=1S/C18H18O5/c1-12-4-6-13(7-5-12)11-23-16-9-14(17(19)21-2)8-15(10-16)18(20)22-3/h4-10H,11H2,1-3H3. The summed E-state index contributed by atoms with van der Waals surface area (Å²) in [5, 5.41) is 0. The molecule has 0 aromatic heterocycles. The topological polar surface area (TPSA) is 61.8 Å². The van der Waals surface area contributed by atoms with E-state index < -0.39 is 11.9 Å². The van der Waals surface area contributed by atoms with Gasteiger partial charge < -0.3 is 14.2 Å². The molecule has 5 nitrogen and oxygen atoms in total. The summed E-state index contributed by atoms with van der Waals surface area (Å²) in [4.78, 5) is 23.4. The maximum Gasteiger partial charge on any atom is 0.338 e. The highest BCUT2D eigenvalue weighted by Gasteiger charge is 2.14. The monoisotopic (exact) mass is 314 g/mol. The molecule has 5 heteroatoms. The number of carbonyl (C=O) groups is 2. The number of hydrogen-bond donors (Lipinski definition) is 0. The lowest BCUT2D eigenvalue weighted by Gasteiger charge is -2.10. The normalized spacial score (nSPS) is 10.0. The number of esters is 2. The molecule has 0 radical (unpaired) electrons. The van der Waals surface area contributed by atoms with Gasteiger partial charge in [0.05, 0.1) is 25.3 Å². The first-order valence-electron chi connectivity index (χ1n) is 7.03. The number of hydrogen-bond acceptors (Lipinski definition) is 5. The molecule has 0 atom stereocenters. The Kier molecular flexibility index (Phi) is 5.36. The van der Waals surface area contributed by atoms with Crippen LogP contribution in [0.25, 0.3) is 0 Å². The highest BCUT2D eigenvalue weighted by molar-refractivity contribution is 5.96. The first-order valence-corrected chi connectivity index (χ1v) is 7.03. The number of methoxy groups -OCH3 is 2. The zero-order chi connectivity index (χ0) is 16.8. The Morgan fingerprint density at radius 3 is 1.87 bits per heavy atom. The van der Waals surface area contributed by atoms with Crippen molar-refractivity contribution in [1.29, 1.82) is 0 Å². The van der Waals surface area contributed by atoms with Gasteiger partial charge in [0.25, 0.3) is 0 Å². The van der Waals surface area contributed by atoms with Crippen molar-refractivity contribution >= 4 is 11.9 Å². The first kappa shape index (κ1) is 16.5. The van der Waals surface area contributed by atoms with Gasteiger partial charge in [-0.1, -0.05) is 29.8 Å². The van der Waals surface area contributed by atoms with Gasteiger partial charge in [-0.2, -0.15) is 0 Å². The summed E-state index contributed by atoms with van der Waals surface area (Å²) < 4.78 is 15.1. The molecule has 0 saturated carbocycles. The van der Waals surface area contributed by atoms with Crippen LogP contribution < -0.4 is 4.74 Å². The van der Waals surface area contributed by atoms with E-state index >= 15 is 0 Å². The van der Waals surface area contributed by atoms with Gasteiger partial charge in [-0.15, -0.1) is 0 Å². The second-order valence-electron chi connectivity index (χ2n) is 5.00. The van der Waals surface area contributed by atoms with Gasteiger partial charge in [-0.25, -0.2) is 9.59 Å². The summed E-state index contributed by atoms with van der Waals surface area (Å²) in [7, 11) is 2.56. The molecule has 0 fully saturated rings. The number of aryl methyl sites for hydroxylation is 1. The van der Waals surface area contributed by atoms with E-state index in [-0.39, 0.29) is 11.1 Å². The molecule has 0 amide bonds. The van der Waals surface area contributed by atoms with Crippen LogP contribution in [0.1, 0.15) is 31.8 Å². The molecule has 2 aromatic carbocycles. The summed E-state index contributed by atoms with van der Waals surface area (Å²) in [6, 6.07) is 12.4. The molecule has 0 spiro atoms. The molecule has 23 heavy (non-hydrogen) atoms. The van der Waals surface area contributed by atoms with Gasteiger partial charge in [0.1, 0.15) is 12.4 Å². The van der Waals surface area contributed by atoms with E-state index in [9.17, 15) is 9.59 Å². The number of rotatable bonds is 5. The zero-order valence-corrected chi connectivity index (χ0v) is 13.3. The molecule has 120 valence electrons. The van der Waals surface area contributed by atoms with E-state index in [1.807, 2.05) is 31.2 Å². The molecule has 0 unspecified atom stereocenters. The number of benzene rings is 2. The SMILES string of the molecule is COC(=O)c1cc(OCc2ccc(C)cc2)cc(C(=O)OC)c1. The molecule has 0 bridgehead atoms. The fraction of sp³-hybridized carbons (Fsp3) is 0.222. The van der Waals surface area contributed by atoms with Crippen LogP contribution in [-0.4, -0.2) is 26.2 Å². The van der Waals surface area contributed by atoms with Crippen LogP contribution in [-0.2, 0) is 16.1 Å². The van der Waals surface area contributed by atoms with Gasteiger partial charge in [0.2, 0.25) is 0 Å². The van der Waals surface area contributed by atoms with Crippen molar-refractivity contribution in [3.05, 3.63) is 64.7 Å². The molecule has 0 N–H and O–H groups in total. The highest BCUT2D eigenvalue weighted by atomic mass is 16.5. The third kappa shape index (κ3) is 4.32. The average Bonchev–Trinajstić information content (AvgIpc) is 2.59. The number of carbonyl (C=O) groups excluding carboxylic acids is 2. The third-order valence-corrected chi connectivity index (χ3v) is 3.27. The van der Waals surface area contributed by atoms with Crippen molar-refractivity contribution in [2.45, 2.75) is 13.5 Å². The first-order chi connectivity index (χ1) is 11.0. The van der Waals surface area contributed by atoms with Crippen molar-refractivity contribution in [3.8, 4) is 5.75 Å². The minimum Gasteiger partial charge on any atom is -0.489 e. The Morgan fingerprint density at radius 2 is 1.39 bits per heavy atom. The van der Waals surface area contributed by atoms with Crippen LogP contribution in [0, 0.1) is 6.92 Å². The van der Waals surface area contributed by atoms with Gasteiger partial charge in [0.15, 0.2) is 0 Å². The Morgan fingerprint density at radius 1 is 0.870 bits per heavy atom. The lowest BCUT2D eigenvalue weighted by molar-refractivity contribution is 0.0598. The van der Waals surface area contributed by atoms with Gasteiger partial charge in [-0.05, 0) is 30.7 Å². The molecule has 0 saturated heterocycles. The van der Waals surface area contributed by atoms with Gasteiger partial charge in [0, 0.05) is 0 Å². The Hall–Kier alpha value is -2.82. The van der Waals surface area contributed by atoms with Crippen LogP contribution in [0.4, 0.5) is 0 Å². The molecule has 0 heterocycles. The summed E-state index contributed by atoms with van der Waals surface area (Å²) in [6.07, 6.45) is 0. The van der Waals surface area contributed by atoms with Crippen molar-refractivity contribution in [2.75, 3.05) is 14.2 Å². The Balaban J connectivity index is 2.23. The molecule has 2 aromatic rings. The van der Waals surface area contributed by atoms with E-state index in [4.69, 9.17) is 4.74 Å². The van der Waals surface area contributed by atoms with Crippen molar-refractivity contribution in [1.82, 2.24) is 0 Å². The zero-order valence-electron chi connectivity index (χ0n) is 13.3. The van der Waals surface area contributed by atoms with E-state index in [2.05, 4.69) is 9.47 Å². The Labute approximate surface area is 134 Å². The maximum atomic E-state index is 11.7. The summed E-state index contributed by atoms with van der Waals surface area (Å²) in [5.41, 5.74) is 2.61. The third-order valence-electron chi connectivity index (χ3n) is 3.27. The summed E-state index contributed by atoms with van der Waals surface area (Å²) >= 11 is 0. The average molecular weight is 314 g/mol. The maximum absolute atomic E-state index is 11.7. The Bertz CT molecular complexity index is 670. The quantitative estimate of drug-likeness (QED) is 0.793. The van der Waals surface area contributed by atoms with Crippen molar-refractivity contribution in [3.63, 3.8) is 0 Å². The fourth-order valence-corrected chi connectivity index (χ4v) is 2.00. The van der Waals surface area contributed by atoms with E-state index in [0.29, 0.717) is 12.4 Å². The van der Waals surface area contributed by atoms with Crippen LogP contribution in [0.3, 0.4) is 0 Å². The highest BCUT2D eigenvalue weighted by Crippen LogP contribution is 2.20. The van der Waals surface area contributed by atoms with Gasteiger partial charge in [-0.3, -0.25) is 0 Å². The predicted molar refractivity (Wildman–Crippen MR) is 84.6 cm³/mol. The minimum atomic E-state index is -0.545. The van der Waals surface area contributed by atoms with Crippen LogP contribution in [0.5, 0.6) is 5.75 Å².